The van der Waals surface area contributed by atoms with Crippen LogP contribution in [-0.2, 0) is 6.54 Å². The van der Waals surface area contributed by atoms with Gasteiger partial charge in [-0.15, -0.1) is 11.3 Å². The van der Waals surface area contributed by atoms with E-state index in [0.717, 1.165) is 44.2 Å². The minimum absolute atomic E-state index is 0.0714. The Balaban J connectivity index is 1.54. The molecule has 0 atom stereocenters. The highest BCUT2D eigenvalue weighted by Gasteiger charge is 2.23. The second-order valence-electron chi connectivity index (χ2n) is 5.11. The molecular weight excluding hydrogens is 310 g/mol. The van der Waals surface area contributed by atoms with Gasteiger partial charge in [-0.2, -0.15) is 0 Å². The number of halogens is 1. The van der Waals surface area contributed by atoms with Crippen LogP contribution in [0.15, 0.2) is 22.7 Å². The normalized spacial score (nSPS) is 16.4. The first kappa shape index (κ1) is 14.6. The predicted molar refractivity (Wildman–Crippen MR) is 81.7 cm³/mol. The number of carbonyl (C=O) groups is 1. The average Bonchev–Trinajstić information content (AvgIpc) is 3.08. The van der Waals surface area contributed by atoms with Gasteiger partial charge in [-0.05, 0) is 19.1 Å². The summed E-state index contributed by atoms with van der Waals surface area (Å²) in [5, 5.41) is 3.89. The van der Waals surface area contributed by atoms with E-state index in [1.165, 1.54) is 11.3 Å². The first-order valence-electron chi connectivity index (χ1n) is 6.81. The van der Waals surface area contributed by atoms with Crippen LogP contribution in [0.3, 0.4) is 0 Å². The van der Waals surface area contributed by atoms with Gasteiger partial charge >= 0.3 is 0 Å². The molecule has 2 aromatic heterocycles. The van der Waals surface area contributed by atoms with Crippen molar-refractivity contribution in [3.8, 4) is 0 Å². The Labute approximate surface area is 132 Å². The van der Waals surface area contributed by atoms with Crippen LogP contribution in [0.4, 0.5) is 0 Å². The number of carbonyl (C=O) groups excluding carboxylic acids is 1. The van der Waals surface area contributed by atoms with Gasteiger partial charge in [0.05, 0.1) is 21.5 Å². The third-order valence-electron chi connectivity index (χ3n) is 3.50. The van der Waals surface area contributed by atoms with E-state index in [1.54, 1.807) is 12.1 Å². The Morgan fingerprint density at radius 3 is 2.71 bits per heavy atom. The molecule has 0 bridgehead atoms. The van der Waals surface area contributed by atoms with Crippen LogP contribution in [0, 0.1) is 6.92 Å². The van der Waals surface area contributed by atoms with Crippen molar-refractivity contribution in [1.29, 1.82) is 0 Å². The van der Waals surface area contributed by atoms with Crippen LogP contribution in [0.1, 0.15) is 21.1 Å². The number of thiophene rings is 1. The smallest absolute Gasteiger partial charge is 0.264 e. The van der Waals surface area contributed by atoms with Crippen LogP contribution in [0.2, 0.25) is 4.34 Å². The molecule has 1 fully saturated rings. The standard InChI is InChI=1S/C14H16ClN3O2S/c1-10-8-11(20-16-10)9-17-4-6-18(7-5-17)14(19)12-2-3-13(15)21-12/h2-3,8H,4-7,9H2,1H3. The summed E-state index contributed by atoms with van der Waals surface area (Å²) in [7, 11) is 0. The molecule has 0 radical (unpaired) electrons. The van der Waals surface area contributed by atoms with Crippen LogP contribution < -0.4 is 0 Å². The summed E-state index contributed by atoms with van der Waals surface area (Å²) in [5.74, 6) is 0.944. The van der Waals surface area contributed by atoms with Crippen LogP contribution in [-0.4, -0.2) is 47.0 Å². The van der Waals surface area contributed by atoms with Crippen molar-refractivity contribution in [3.05, 3.63) is 38.9 Å². The maximum absolute atomic E-state index is 12.3. The van der Waals surface area contributed by atoms with E-state index in [2.05, 4.69) is 10.1 Å². The van der Waals surface area contributed by atoms with Crippen molar-refractivity contribution >= 4 is 28.8 Å². The fourth-order valence-electron chi connectivity index (χ4n) is 2.41. The molecule has 2 aromatic rings. The number of amides is 1. The van der Waals surface area contributed by atoms with Crippen LogP contribution >= 0.6 is 22.9 Å². The second-order valence-corrected chi connectivity index (χ2v) is 6.82. The number of hydrogen-bond donors (Lipinski definition) is 0. The van der Waals surface area contributed by atoms with Gasteiger partial charge in [-0.1, -0.05) is 16.8 Å². The predicted octanol–water partition coefficient (Wildman–Crippen LogP) is 2.66. The molecule has 0 saturated carbocycles. The first-order chi connectivity index (χ1) is 10.1. The van der Waals surface area contributed by atoms with E-state index in [0.29, 0.717) is 9.21 Å². The number of nitrogens with zero attached hydrogens (tertiary/aromatic N) is 3. The van der Waals surface area contributed by atoms with Gasteiger partial charge in [-0.25, -0.2) is 0 Å². The second kappa shape index (κ2) is 6.17. The highest BCUT2D eigenvalue weighted by molar-refractivity contribution is 7.17. The third kappa shape index (κ3) is 3.45. The molecule has 1 aliphatic rings. The molecular formula is C14H16ClN3O2S. The Morgan fingerprint density at radius 1 is 1.38 bits per heavy atom. The highest BCUT2D eigenvalue weighted by Crippen LogP contribution is 2.23. The molecule has 3 heterocycles. The topological polar surface area (TPSA) is 49.6 Å². The zero-order chi connectivity index (χ0) is 14.8. The Kier molecular flexibility index (Phi) is 4.28. The van der Waals surface area contributed by atoms with E-state index in [-0.39, 0.29) is 5.91 Å². The van der Waals surface area contributed by atoms with Gasteiger partial charge in [0.2, 0.25) is 0 Å². The molecule has 1 saturated heterocycles. The molecule has 3 rings (SSSR count). The monoisotopic (exact) mass is 325 g/mol. The fraction of sp³-hybridized carbons (Fsp3) is 0.429. The molecule has 0 unspecified atom stereocenters. The molecule has 0 aliphatic carbocycles. The zero-order valence-corrected chi connectivity index (χ0v) is 13.3. The quantitative estimate of drug-likeness (QED) is 0.870. The minimum Gasteiger partial charge on any atom is -0.360 e. The molecule has 0 aromatic carbocycles. The van der Waals surface area contributed by atoms with E-state index in [4.69, 9.17) is 16.1 Å². The molecule has 1 aliphatic heterocycles. The number of aromatic nitrogens is 1. The summed E-state index contributed by atoms with van der Waals surface area (Å²) >= 11 is 7.22. The lowest BCUT2D eigenvalue weighted by atomic mass is 10.2. The van der Waals surface area contributed by atoms with Crippen molar-refractivity contribution < 1.29 is 9.32 Å². The maximum atomic E-state index is 12.3. The summed E-state index contributed by atoms with van der Waals surface area (Å²) in [6.07, 6.45) is 0. The van der Waals surface area contributed by atoms with Gasteiger partial charge in [0.1, 0.15) is 0 Å². The summed E-state index contributed by atoms with van der Waals surface area (Å²) in [4.78, 5) is 17.2. The van der Waals surface area contributed by atoms with Gasteiger partial charge in [0.25, 0.3) is 5.91 Å². The first-order valence-corrected chi connectivity index (χ1v) is 8.00. The molecule has 5 nitrogen and oxygen atoms in total. The van der Waals surface area contributed by atoms with Crippen molar-refractivity contribution in [2.24, 2.45) is 0 Å². The largest absolute Gasteiger partial charge is 0.360 e. The number of aryl methyl sites for hydroxylation is 1. The highest BCUT2D eigenvalue weighted by atomic mass is 35.5. The maximum Gasteiger partial charge on any atom is 0.264 e. The van der Waals surface area contributed by atoms with Gasteiger partial charge in [0, 0.05) is 32.2 Å². The van der Waals surface area contributed by atoms with E-state index >= 15 is 0 Å². The van der Waals surface area contributed by atoms with Crippen molar-refractivity contribution in [1.82, 2.24) is 15.0 Å². The van der Waals surface area contributed by atoms with Gasteiger partial charge < -0.3 is 9.42 Å². The zero-order valence-electron chi connectivity index (χ0n) is 11.7. The number of piperazine rings is 1. The van der Waals surface area contributed by atoms with Crippen molar-refractivity contribution in [3.63, 3.8) is 0 Å². The lowest BCUT2D eigenvalue weighted by Crippen LogP contribution is -2.48. The summed E-state index contributed by atoms with van der Waals surface area (Å²) in [6, 6.07) is 5.51. The van der Waals surface area contributed by atoms with Crippen molar-refractivity contribution in [2.75, 3.05) is 26.2 Å². The minimum atomic E-state index is 0.0714. The van der Waals surface area contributed by atoms with Crippen molar-refractivity contribution in [2.45, 2.75) is 13.5 Å². The van der Waals surface area contributed by atoms with E-state index < -0.39 is 0 Å². The Morgan fingerprint density at radius 2 is 2.14 bits per heavy atom. The van der Waals surface area contributed by atoms with Gasteiger partial charge in [0.15, 0.2) is 5.76 Å². The summed E-state index contributed by atoms with van der Waals surface area (Å²) < 4.78 is 5.88. The molecule has 7 heteroatoms. The lowest BCUT2D eigenvalue weighted by molar-refractivity contribution is 0.0622. The molecule has 21 heavy (non-hydrogen) atoms. The summed E-state index contributed by atoms with van der Waals surface area (Å²) in [6.45, 7) is 5.78. The van der Waals surface area contributed by atoms with E-state index in [9.17, 15) is 4.79 Å². The molecule has 0 N–H and O–H groups in total. The SMILES string of the molecule is Cc1cc(CN2CCN(C(=O)c3ccc(Cl)s3)CC2)on1. The average molecular weight is 326 g/mol. The summed E-state index contributed by atoms with van der Waals surface area (Å²) in [5.41, 5.74) is 0.897. The molecule has 112 valence electrons. The molecule has 0 spiro atoms. The lowest BCUT2D eigenvalue weighted by Gasteiger charge is -2.33. The fourth-order valence-corrected chi connectivity index (χ4v) is 3.42. The van der Waals surface area contributed by atoms with Crippen LogP contribution in [0.5, 0.6) is 0 Å². The number of hydrogen-bond acceptors (Lipinski definition) is 5. The molecule has 1 amide bonds. The van der Waals surface area contributed by atoms with E-state index in [1.807, 2.05) is 17.9 Å². The van der Waals surface area contributed by atoms with Crippen LogP contribution in [0.25, 0.3) is 0 Å². The Hall–Kier alpha value is -1.37. The third-order valence-corrected chi connectivity index (χ3v) is 4.72. The van der Waals surface area contributed by atoms with Gasteiger partial charge in [-0.3, -0.25) is 9.69 Å². The number of rotatable bonds is 3. The Bertz CT molecular complexity index is 632.